The number of pyridine rings is 1. The van der Waals surface area contributed by atoms with Crippen LogP contribution in [0.15, 0.2) is 24.7 Å². The Morgan fingerprint density at radius 3 is 3.00 bits per heavy atom. The Labute approximate surface area is 165 Å². The lowest BCUT2D eigenvalue weighted by Crippen LogP contribution is -2.87. The van der Waals surface area contributed by atoms with Gasteiger partial charge in [0, 0.05) is 34.8 Å². The third-order valence-corrected chi connectivity index (χ3v) is 8.10. The Morgan fingerprint density at radius 1 is 1.39 bits per heavy atom. The maximum absolute atomic E-state index is 14.5. The van der Waals surface area contributed by atoms with Crippen LogP contribution < -0.4 is 5.32 Å². The molecule has 3 heterocycles. The van der Waals surface area contributed by atoms with Crippen molar-refractivity contribution < 1.29 is 9.50 Å². The molecule has 6 nitrogen and oxygen atoms in total. The van der Waals surface area contributed by atoms with Crippen molar-refractivity contribution in [2.75, 3.05) is 11.9 Å². The van der Waals surface area contributed by atoms with Gasteiger partial charge in [0.15, 0.2) is 17.5 Å². The van der Waals surface area contributed by atoms with Crippen molar-refractivity contribution in [1.82, 2.24) is 19.9 Å². The summed E-state index contributed by atoms with van der Waals surface area (Å²) in [5, 5.41) is 14.7. The van der Waals surface area contributed by atoms with Crippen LogP contribution >= 0.6 is 11.6 Å². The summed E-state index contributed by atoms with van der Waals surface area (Å²) >= 11 is 6.07. The van der Waals surface area contributed by atoms with Crippen molar-refractivity contribution in [2.24, 2.45) is 22.7 Å². The summed E-state index contributed by atoms with van der Waals surface area (Å²) < 4.78 is 14.5. The van der Waals surface area contributed by atoms with E-state index < -0.39 is 5.82 Å². The number of anilines is 1. The van der Waals surface area contributed by atoms with Crippen LogP contribution in [0.25, 0.3) is 22.4 Å². The lowest BCUT2D eigenvalue weighted by molar-refractivity contribution is -0.365. The van der Waals surface area contributed by atoms with E-state index >= 15 is 0 Å². The molecule has 3 saturated carbocycles. The first-order valence-corrected chi connectivity index (χ1v) is 9.88. The Hall–Kier alpha value is -2.25. The fourth-order valence-corrected chi connectivity index (χ4v) is 6.41. The van der Waals surface area contributed by atoms with Gasteiger partial charge < -0.3 is 15.4 Å². The topological polar surface area (TPSA) is 86.7 Å². The molecule has 6 rings (SSSR count). The number of aliphatic hydroxyl groups excluding tert-OH is 1. The van der Waals surface area contributed by atoms with Gasteiger partial charge in [0.25, 0.3) is 0 Å². The highest BCUT2D eigenvalue weighted by Crippen LogP contribution is 2.84. The maximum Gasteiger partial charge on any atom is 0.183 e. The predicted molar refractivity (Wildman–Crippen MR) is 103 cm³/mol. The number of aromatic amines is 1. The first kappa shape index (κ1) is 16.7. The molecule has 3 fully saturated rings. The Bertz CT molecular complexity index is 1130. The molecule has 0 amide bonds. The second-order valence-corrected chi connectivity index (χ2v) is 9.04. The van der Waals surface area contributed by atoms with Gasteiger partial charge in [-0.2, -0.15) is 0 Å². The van der Waals surface area contributed by atoms with Gasteiger partial charge >= 0.3 is 0 Å². The van der Waals surface area contributed by atoms with Gasteiger partial charge in [-0.05, 0) is 36.2 Å². The van der Waals surface area contributed by atoms with E-state index in [1.807, 2.05) is 0 Å². The highest BCUT2D eigenvalue weighted by atomic mass is 35.5. The fraction of sp³-hybridized carbons (Fsp3) is 0.450. The lowest BCUT2D eigenvalue weighted by Gasteiger charge is -2.86. The molecule has 0 radical (unpaired) electrons. The van der Waals surface area contributed by atoms with Gasteiger partial charge in [-0.1, -0.05) is 18.5 Å². The number of nitrogens with one attached hydrogen (secondary N) is 2. The van der Waals surface area contributed by atoms with Crippen molar-refractivity contribution >= 4 is 28.5 Å². The van der Waals surface area contributed by atoms with Crippen LogP contribution in [-0.4, -0.2) is 37.7 Å². The van der Waals surface area contributed by atoms with Crippen molar-refractivity contribution in [3.05, 3.63) is 35.5 Å². The van der Waals surface area contributed by atoms with E-state index in [1.165, 1.54) is 6.20 Å². The van der Waals surface area contributed by atoms with Gasteiger partial charge in [0.1, 0.15) is 5.65 Å². The van der Waals surface area contributed by atoms with Gasteiger partial charge in [-0.3, -0.25) is 0 Å². The predicted octanol–water partition coefficient (Wildman–Crippen LogP) is 3.63. The minimum absolute atomic E-state index is 0.0452. The number of aromatic nitrogens is 4. The number of hydrogen-bond acceptors (Lipinski definition) is 5. The molecule has 5 atom stereocenters. The van der Waals surface area contributed by atoms with Gasteiger partial charge in [0.05, 0.1) is 17.8 Å². The molecule has 0 aliphatic heterocycles. The fourth-order valence-electron chi connectivity index (χ4n) is 6.25. The molecule has 144 valence electrons. The zero-order valence-corrected chi connectivity index (χ0v) is 16.0. The first-order valence-electron chi connectivity index (χ1n) is 9.51. The second-order valence-electron chi connectivity index (χ2n) is 8.60. The Kier molecular flexibility index (Phi) is 3.11. The van der Waals surface area contributed by atoms with Crippen molar-refractivity contribution in [1.29, 1.82) is 0 Å². The molecule has 28 heavy (non-hydrogen) atoms. The van der Waals surface area contributed by atoms with Crippen LogP contribution in [0.3, 0.4) is 0 Å². The van der Waals surface area contributed by atoms with E-state index in [-0.39, 0.29) is 29.3 Å². The summed E-state index contributed by atoms with van der Waals surface area (Å²) in [6.45, 7) is 2.38. The normalized spacial score (nSPS) is 34.9. The standard InChI is InChI=1S/C20H19ClFN5O/c1-19-9-2-13(19)15(20(19,4-9)8-28)26-18-14(22)7-25-17(27-18)12-6-24-16-11(12)3-10(21)5-23-16/h3,5-7,9,13,15,28H,2,4,8H2,1H3,(H,23,24)(H,25,26,27)/t9?,13-,15?,19+,20+/m0/s1. The number of H-pyrrole nitrogens is 1. The summed E-state index contributed by atoms with van der Waals surface area (Å²) in [6.07, 6.45) is 6.65. The molecule has 3 aromatic heterocycles. The molecule has 0 spiro atoms. The van der Waals surface area contributed by atoms with E-state index in [0.29, 0.717) is 28.3 Å². The number of fused-ring (bicyclic) bond motifs is 1. The zero-order valence-electron chi connectivity index (χ0n) is 15.2. The average molecular weight is 400 g/mol. The highest BCUT2D eigenvalue weighted by molar-refractivity contribution is 6.31. The number of hydrogen-bond donors (Lipinski definition) is 3. The summed E-state index contributed by atoms with van der Waals surface area (Å²) in [5.41, 5.74) is 1.43. The molecule has 3 aromatic rings. The summed E-state index contributed by atoms with van der Waals surface area (Å²) in [6, 6.07) is 1.83. The van der Waals surface area contributed by atoms with Crippen molar-refractivity contribution in [2.45, 2.75) is 25.8 Å². The number of rotatable bonds is 4. The minimum Gasteiger partial charge on any atom is -0.396 e. The monoisotopic (exact) mass is 399 g/mol. The molecule has 0 aromatic carbocycles. The largest absolute Gasteiger partial charge is 0.396 e. The van der Waals surface area contributed by atoms with Gasteiger partial charge in [0.2, 0.25) is 0 Å². The van der Waals surface area contributed by atoms with Crippen LogP contribution in [0.1, 0.15) is 19.8 Å². The number of aliphatic hydroxyl groups is 1. The van der Waals surface area contributed by atoms with Gasteiger partial charge in [-0.25, -0.2) is 19.3 Å². The number of nitrogens with zero attached hydrogens (tertiary/aromatic N) is 3. The van der Waals surface area contributed by atoms with E-state index in [0.717, 1.165) is 23.8 Å². The van der Waals surface area contributed by atoms with Crippen LogP contribution in [0, 0.1) is 28.5 Å². The van der Waals surface area contributed by atoms with Crippen LogP contribution in [0.4, 0.5) is 10.2 Å². The van der Waals surface area contributed by atoms with Crippen molar-refractivity contribution in [3.8, 4) is 11.4 Å². The highest BCUT2D eigenvalue weighted by Gasteiger charge is 2.84. The van der Waals surface area contributed by atoms with Crippen molar-refractivity contribution in [3.63, 3.8) is 0 Å². The zero-order chi connectivity index (χ0) is 19.3. The molecular weight excluding hydrogens is 381 g/mol. The smallest absolute Gasteiger partial charge is 0.183 e. The van der Waals surface area contributed by atoms with Crippen LogP contribution in [0.2, 0.25) is 5.02 Å². The summed E-state index contributed by atoms with van der Waals surface area (Å²) in [5.74, 6) is 1.27. The molecule has 0 saturated heterocycles. The molecule has 3 aliphatic carbocycles. The second kappa shape index (κ2) is 5.21. The molecule has 0 bridgehead atoms. The molecule has 2 unspecified atom stereocenters. The van der Waals surface area contributed by atoms with Crippen LogP contribution in [0.5, 0.6) is 0 Å². The third-order valence-electron chi connectivity index (χ3n) is 7.90. The molecule has 3 aliphatic rings. The minimum atomic E-state index is -0.489. The third kappa shape index (κ3) is 1.75. The lowest BCUT2D eigenvalue weighted by atomic mass is 9.19. The Morgan fingerprint density at radius 2 is 2.25 bits per heavy atom. The van der Waals surface area contributed by atoms with Crippen LogP contribution in [-0.2, 0) is 0 Å². The van der Waals surface area contributed by atoms with Gasteiger partial charge in [-0.15, -0.1) is 0 Å². The van der Waals surface area contributed by atoms with E-state index in [4.69, 9.17) is 11.6 Å². The molecule has 3 N–H and O–H groups in total. The Balaban J connectivity index is 1.37. The quantitative estimate of drug-likeness (QED) is 0.623. The molecule has 8 heteroatoms. The van der Waals surface area contributed by atoms with E-state index in [1.54, 1.807) is 18.5 Å². The van der Waals surface area contributed by atoms with E-state index in [2.05, 4.69) is 32.2 Å². The first-order chi connectivity index (χ1) is 13.5. The summed E-state index contributed by atoms with van der Waals surface area (Å²) in [4.78, 5) is 16.0. The molecular formula is C20H19ClFN5O. The SMILES string of the molecule is C[C@@]12C3C[C@H]1C(Nc1nc(-c4c[nH]c5ncc(Cl)cc45)ncc1F)[C@]2(CO)C3. The summed E-state index contributed by atoms with van der Waals surface area (Å²) in [7, 11) is 0. The van der Waals surface area contributed by atoms with E-state index in [9.17, 15) is 9.50 Å². The number of halogens is 2. The maximum atomic E-state index is 14.5. The average Bonchev–Trinajstić information content (AvgIpc) is 3.12.